The van der Waals surface area contributed by atoms with Crippen LogP contribution in [0.5, 0.6) is 0 Å². The molecule has 20 heavy (non-hydrogen) atoms. The number of aryl methyl sites for hydroxylation is 2. The van der Waals surface area contributed by atoms with Crippen molar-refractivity contribution in [2.45, 2.75) is 20.4 Å². The highest BCUT2D eigenvalue weighted by atomic mass is 79.9. The molecule has 0 spiro atoms. The number of pyridine rings is 1. The van der Waals surface area contributed by atoms with E-state index in [1.807, 2.05) is 31.6 Å². The summed E-state index contributed by atoms with van der Waals surface area (Å²) in [6.07, 6.45) is 7.37. The highest BCUT2D eigenvalue weighted by Gasteiger charge is 2.10. The lowest BCUT2D eigenvalue weighted by atomic mass is 10.3. The molecule has 0 amide bonds. The summed E-state index contributed by atoms with van der Waals surface area (Å²) in [6.45, 7) is 4.88. The lowest BCUT2D eigenvalue weighted by Gasteiger charge is -2.06. The molecular formula is C14H13BrN4S. The van der Waals surface area contributed by atoms with Gasteiger partial charge in [0, 0.05) is 39.7 Å². The van der Waals surface area contributed by atoms with Gasteiger partial charge in [-0.1, -0.05) is 0 Å². The van der Waals surface area contributed by atoms with Crippen molar-refractivity contribution in [3.63, 3.8) is 0 Å². The van der Waals surface area contributed by atoms with Crippen LogP contribution >= 0.6 is 27.3 Å². The first-order valence-corrected chi connectivity index (χ1v) is 7.79. The van der Waals surface area contributed by atoms with E-state index in [0.717, 1.165) is 33.1 Å². The maximum absolute atomic E-state index is 4.58. The summed E-state index contributed by atoms with van der Waals surface area (Å²) >= 11 is 5.18. The SMILES string of the molecule is Cc1nc(Cn2ccnc2-c2cncc(Br)c2)sc1C. The van der Waals surface area contributed by atoms with Crippen molar-refractivity contribution in [1.82, 2.24) is 19.5 Å². The molecule has 3 heterocycles. The van der Waals surface area contributed by atoms with E-state index in [4.69, 9.17) is 0 Å². The number of aromatic nitrogens is 4. The van der Waals surface area contributed by atoms with Gasteiger partial charge in [0.1, 0.15) is 10.8 Å². The third kappa shape index (κ3) is 2.66. The quantitative estimate of drug-likeness (QED) is 0.722. The molecule has 0 aliphatic rings. The Bertz CT molecular complexity index is 728. The molecule has 0 N–H and O–H groups in total. The molecule has 3 rings (SSSR count). The first-order valence-electron chi connectivity index (χ1n) is 6.18. The van der Waals surface area contributed by atoms with Crippen LogP contribution in [-0.4, -0.2) is 19.5 Å². The van der Waals surface area contributed by atoms with Gasteiger partial charge >= 0.3 is 0 Å². The van der Waals surface area contributed by atoms with Gasteiger partial charge in [0.25, 0.3) is 0 Å². The van der Waals surface area contributed by atoms with Gasteiger partial charge in [0.2, 0.25) is 0 Å². The maximum Gasteiger partial charge on any atom is 0.141 e. The van der Waals surface area contributed by atoms with Crippen LogP contribution in [0.2, 0.25) is 0 Å². The van der Waals surface area contributed by atoms with Gasteiger partial charge in [-0.3, -0.25) is 4.98 Å². The number of hydrogen-bond donors (Lipinski definition) is 0. The van der Waals surface area contributed by atoms with Crippen molar-refractivity contribution in [3.05, 3.63) is 50.9 Å². The summed E-state index contributed by atoms with van der Waals surface area (Å²) in [6, 6.07) is 2.02. The fourth-order valence-electron chi connectivity index (χ4n) is 1.98. The van der Waals surface area contributed by atoms with E-state index >= 15 is 0 Å². The van der Waals surface area contributed by atoms with Gasteiger partial charge in [-0.25, -0.2) is 9.97 Å². The van der Waals surface area contributed by atoms with Gasteiger partial charge in [-0.2, -0.15) is 0 Å². The topological polar surface area (TPSA) is 43.6 Å². The second-order valence-corrected chi connectivity index (χ2v) is 6.72. The van der Waals surface area contributed by atoms with Crippen molar-refractivity contribution in [2.24, 2.45) is 0 Å². The fraction of sp³-hybridized carbons (Fsp3) is 0.214. The number of nitrogens with zero attached hydrogens (tertiary/aromatic N) is 4. The molecule has 0 saturated heterocycles. The van der Waals surface area contributed by atoms with Crippen LogP contribution in [0.1, 0.15) is 15.6 Å². The van der Waals surface area contributed by atoms with Crippen LogP contribution in [0.25, 0.3) is 11.4 Å². The second kappa shape index (κ2) is 5.46. The van der Waals surface area contributed by atoms with Crippen molar-refractivity contribution < 1.29 is 0 Å². The molecule has 6 heteroatoms. The minimum Gasteiger partial charge on any atom is -0.324 e. The summed E-state index contributed by atoms with van der Waals surface area (Å²) in [5, 5.41) is 1.10. The van der Waals surface area contributed by atoms with Crippen LogP contribution in [0, 0.1) is 13.8 Å². The van der Waals surface area contributed by atoms with Gasteiger partial charge < -0.3 is 4.57 Å². The van der Waals surface area contributed by atoms with E-state index in [1.165, 1.54) is 4.88 Å². The van der Waals surface area contributed by atoms with E-state index in [-0.39, 0.29) is 0 Å². The number of thiazole rings is 1. The average Bonchev–Trinajstić information content (AvgIpc) is 2.98. The van der Waals surface area contributed by atoms with E-state index in [9.17, 15) is 0 Å². The Balaban J connectivity index is 1.94. The molecule has 0 saturated carbocycles. The Morgan fingerprint density at radius 3 is 2.85 bits per heavy atom. The highest BCUT2D eigenvalue weighted by molar-refractivity contribution is 9.10. The molecule has 0 fully saturated rings. The molecule has 0 unspecified atom stereocenters. The van der Waals surface area contributed by atoms with Gasteiger partial charge in [-0.15, -0.1) is 11.3 Å². The van der Waals surface area contributed by atoms with Gasteiger partial charge in [0.15, 0.2) is 0 Å². The summed E-state index contributed by atoms with van der Waals surface area (Å²) in [4.78, 5) is 14.5. The lowest BCUT2D eigenvalue weighted by molar-refractivity contribution is 0.796. The van der Waals surface area contributed by atoms with Crippen LogP contribution in [0.4, 0.5) is 0 Å². The number of hydrogen-bond acceptors (Lipinski definition) is 4. The van der Waals surface area contributed by atoms with Crippen molar-refractivity contribution in [3.8, 4) is 11.4 Å². The molecule has 102 valence electrons. The summed E-state index contributed by atoms with van der Waals surface area (Å²) in [5.41, 5.74) is 2.10. The van der Waals surface area contributed by atoms with Crippen molar-refractivity contribution in [2.75, 3.05) is 0 Å². The Morgan fingerprint density at radius 2 is 2.15 bits per heavy atom. The van der Waals surface area contributed by atoms with Crippen LogP contribution in [0.3, 0.4) is 0 Å². The molecule has 4 nitrogen and oxygen atoms in total. The molecule has 0 aliphatic carbocycles. The Kier molecular flexibility index (Phi) is 3.67. The lowest BCUT2D eigenvalue weighted by Crippen LogP contribution is -2.01. The summed E-state index contributed by atoms with van der Waals surface area (Å²) in [5.74, 6) is 0.907. The minimum atomic E-state index is 0.737. The Labute approximate surface area is 129 Å². The van der Waals surface area contributed by atoms with Crippen LogP contribution in [-0.2, 0) is 6.54 Å². The molecule has 3 aromatic rings. The average molecular weight is 349 g/mol. The Morgan fingerprint density at radius 1 is 1.30 bits per heavy atom. The smallest absolute Gasteiger partial charge is 0.141 e. The molecule has 0 radical (unpaired) electrons. The molecular weight excluding hydrogens is 336 g/mol. The monoisotopic (exact) mass is 348 g/mol. The molecule has 0 aromatic carbocycles. The maximum atomic E-state index is 4.58. The standard InChI is InChI=1S/C14H13BrN4S/c1-9-10(2)20-13(18-9)8-19-4-3-17-14(19)11-5-12(15)7-16-6-11/h3-7H,8H2,1-2H3. The van der Waals surface area contributed by atoms with E-state index in [1.54, 1.807) is 17.5 Å². The number of imidazole rings is 1. The third-order valence-corrected chi connectivity index (χ3v) is 4.55. The van der Waals surface area contributed by atoms with Crippen LogP contribution in [0.15, 0.2) is 35.3 Å². The van der Waals surface area contributed by atoms with E-state index in [2.05, 4.69) is 42.4 Å². The van der Waals surface area contributed by atoms with E-state index < -0.39 is 0 Å². The predicted molar refractivity (Wildman–Crippen MR) is 83.8 cm³/mol. The van der Waals surface area contributed by atoms with Crippen molar-refractivity contribution >= 4 is 27.3 Å². The molecule has 0 bridgehead atoms. The zero-order chi connectivity index (χ0) is 14.1. The number of rotatable bonds is 3. The van der Waals surface area contributed by atoms with Gasteiger partial charge in [0.05, 0.1) is 12.2 Å². The number of halogens is 1. The normalized spacial score (nSPS) is 10.9. The molecule has 0 atom stereocenters. The minimum absolute atomic E-state index is 0.737. The fourth-order valence-corrected chi connectivity index (χ4v) is 3.28. The zero-order valence-corrected chi connectivity index (χ0v) is 13.6. The Hall–Kier alpha value is -1.53. The zero-order valence-electron chi connectivity index (χ0n) is 11.2. The molecule has 0 aliphatic heterocycles. The second-order valence-electron chi connectivity index (χ2n) is 4.52. The third-order valence-electron chi connectivity index (χ3n) is 3.06. The first kappa shape index (κ1) is 13.5. The summed E-state index contributed by atoms with van der Waals surface area (Å²) in [7, 11) is 0. The van der Waals surface area contributed by atoms with Gasteiger partial charge in [-0.05, 0) is 35.8 Å². The highest BCUT2D eigenvalue weighted by Crippen LogP contribution is 2.23. The van der Waals surface area contributed by atoms with E-state index in [0.29, 0.717) is 0 Å². The van der Waals surface area contributed by atoms with Crippen molar-refractivity contribution in [1.29, 1.82) is 0 Å². The summed E-state index contributed by atoms with van der Waals surface area (Å²) < 4.78 is 3.05. The molecule has 3 aromatic heterocycles. The van der Waals surface area contributed by atoms with Crippen LogP contribution < -0.4 is 0 Å². The predicted octanol–water partition coefficient (Wildman–Crippen LogP) is 3.83. The largest absolute Gasteiger partial charge is 0.324 e. The first-order chi connectivity index (χ1) is 9.63.